The highest BCUT2D eigenvalue weighted by Crippen LogP contribution is 2.21. The Hall–Kier alpha value is -3.33. The summed E-state index contributed by atoms with van der Waals surface area (Å²) in [4.78, 5) is 39.5. The molecule has 0 spiro atoms. The summed E-state index contributed by atoms with van der Waals surface area (Å²) in [5, 5.41) is 2.95. The molecule has 3 aromatic rings. The molecule has 2 aliphatic rings. The van der Waals surface area contributed by atoms with Crippen LogP contribution in [0.2, 0.25) is 0 Å². The van der Waals surface area contributed by atoms with Crippen molar-refractivity contribution in [3.8, 4) is 0 Å². The lowest BCUT2D eigenvalue weighted by Gasteiger charge is -2.36. The molecule has 166 valence electrons. The van der Waals surface area contributed by atoms with Crippen molar-refractivity contribution >= 4 is 22.6 Å². The number of benzene rings is 1. The van der Waals surface area contributed by atoms with Gasteiger partial charge >= 0.3 is 0 Å². The molecule has 2 N–H and O–H groups in total. The summed E-state index contributed by atoms with van der Waals surface area (Å²) < 4.78 is 14.5. The molecule has 1 amide bonds. The molecule has 1 saturated heterocycles. The number of aryl methyl sites for hydroxylation is 1. The van der Waals surface area contributed by atoms with E-state index in [0.717, 1.165) is 50.3 Å². The minimum absolute atomic E-state index is 0.113. The lowest BCUT2D eigenvalue weighted by Crippen LogP contribution is -2.46. The molecule has 9 heteroatoms. The molecule has 2 aromatic heterocycles. The number of nitrogens with one attached hydrogen (secondary N) is 2. The minimum Gasteiger partial charge on any atom is -0.368 e. The number of piperazine rings is 1. The molecule has 1 aromatic carbocycles. The van der Waals surface area contributed by atoms with Crippen LogP contribution in [0.5, 0.6) is 0 Å². The molecule has 0 radical (unpaired) electrons. The number of aromatic amines is 1. The Kier molecular flexibility index (Phi) is 5.34. The smallest absolute Gasteiger partial charge is 0.270 e. The maximum atomic E-state index is 14.5. The van der Waals surface area contributed by atoms with Gasteiger partial charge in [-0.05, 0) is 49.6 Å². The third-order valence-electron chi connectivity index (χ3n) is 6.02. The van der Waals surface area contributed by atoms with E-state index in [1.807, 2.05) is 6.07 Å². The van der Waals surface area contributed by atoms with Gasteiger partial charge in [-0.3, -0.25) is 14.5 Å². The van der Waals surface area contributed by atoms with Crippen LogP contribution in [0.3, 0.4) is 0 Å². The molecule has 2 fully saturated rings. The summed E-state index contributed by atoms with van der Waals surface area (Å²) in [5.41, 5.74) is 2.81. The number of H-pyrrole nitrogens is 1. The third-order valence-corrected chi connectivity index (χ3v) is 6.02. The first-order valence-corrected chi connectivity index (χ1v) is 10.9. The lowest BCUT2D eigenvalue weighted by atomic mass is 10.1. The van der Waals surface area contributed by atoms with E-state index in [9.17, 15) is 14.0 Å². The van der Waals surface area contributed by atoms with Gasteiger partial charge in [0.05, 0.1) is 17.4 Å². The molecule has 5 rings (SSSR count). The topological polar surface area (TPSA) is 94.2 Å². The maximum Gasteiger partial charge on any atom is 0.270 e. The molecular weight excluding hydrogens is 411 g/mol. The molecule has 0 atom stereocenters. The number of amides is 1. The van der Waals surface area contributed by atoms with Crippen LogP contribution < -0.4 is 15.8 Å². The first kappa shape index (κ1) is 20.6. The third kappa shape index (κ3) is 4.34. The van der Waals surface area contributed by atoms with Crippen LogP contribution in [0.1, 0.15) is 34.6 Å². The summed E-state index contributed by atoms with van der Waals surface area (Å²) in [7, 11) is 0. The van der Waals surface area contributed by atoms with Gasteiger partial charge in [-0.2, -0.15) is 0 Å². The fourth-order valence-corrected chi connectivity index (χ4v) is 4.00. The first-order chi connectivity index (χ1) is 15.5. The van der Waals surface area contributed by atoms with Gasteiger partial charge in [0.25, 0.3) is 11.5 Å². The van der Waals surface area contributed by atoms with Gasteiger partial charge < -0.3 is 15.2 Å². The number of nitrogens with zero attached hydrogens (tertiary/aromatic N) is 4. The Labute approximate surface area is 184 Å². The van der Waals surface area contributed by atoms with Gasteiger partial charge in [-0.15, -0.1) is 0 Å². The zero-order valence-electron chi connectivity index (χ0n) is 17.9. The van der Waals surface area contributed by atoms with Gasteiger partial charge in [-0.1, -0.05) is 0 Å². The summed E-state index contributed by atoms with van der Waals surface area (Å²) >= 11 is 0. The number of halogens is 1. The Morgan fingerprint density at radius 1 is 1.22 bits per heavy atom. The summed E-state index contributed by atoms with van der Waals surface area (Å²) in [5.74, 6) is -0.537. The first-order valence-electron chi connectivity index (χ1n) is 10.9. The van der Waals surface area contributed by atoms with Crippen molar-refractivity contribution in [3.05, 3.63) is 63.6 Å². The fraction of sp³-hybridized carbons (Fsp3) is 0.391. The number of pyridine rings is 1. The standard InChI is InChI=1S/C23H25FN6O2/c1-14-22(31)28-20-11-15(10-18(24)21(20)26-14)13-29-6-8-30(9-7-29)17-4-5-19(25-12-17)23(32)27-16-2-3-16/h4-5,10-12,16H,2-3,6-9,13H2,1H3,(H,27,32)(H,28,31). The number of hydrogen-bond acceptors (Lipinski definition) is 6. The van der Waals surface area contributed by atoms with Crippen molar-refractivity contribution in [3.63, 3.8) is 0 Å². The van der Waals surface area contributed by atoms with E-state index in [1.165, 1.54) is 6.07 Å². The van der Waals surface area contributed by atoms with Crippen LogP contribution in [0.15, 0.2) is 35.3 Å². The molecule has 1 aliphatic heterocycles. The zero-order chi connectivity index (χ0) is 22.2. The lowest BCUT2D eigenvalue weighted by molar-refractivity contribution is 0.0946. The van der Waals surface area contributed by atoms with E-state index < -0.39 is 5.82 Å². The Morgan fingerprint density at radius 2 is 2.00 bits per heavy atom. The number of rotatable bonds is 5. The van der Waals surface area contributed by atoms with Gasteiger partial charge in [0, 0.05) is 38.8 Å². The Balaban J connectivity index is 1.21. The predicted octanol–water partition coefficient (Wildman–Crippen LogP) is 1.98. The van der Waals surface area contributed by atoms with E-state index in [4.69, 9.17) is 0 Å². The van der Waals surface area contributed by atoms with Gasteiger partial charge in [0.1, 0.15) is 16.9 Å². The van der Waals surface area contributed by atoms with Gasteiger partial charge in [-0.25, -0.2) is 14.4 Å². The predicted molar refractivity (Wildman–Crippen MR) is 119 cm³/mol. The van der Waals surface area contributed by atoms with E-state index in [2.05, 4.69) is 30.1 Å². The van der Waals surface area contributed by atoms with Crippen molar-refractivity contribution in [2.75, 3.05) is 31.1 Å². The number of carbonyl (C=O) groups is 1. The van der Waals surface area contributed by atoms with Crippen LogP contribution >= 0.6 is 0 Å². The summed E-state index contributed by atoms with van der Waals surface area (Å²) in [6, 6.07) is 7.32. The van der Waals surface area contributed by atoms with Gasteiger partial charge in [0.2, 0.25) is 0 Å². The second-order valence-corrected chi connectivity index (χ2v) is 8.54. The molecular formula is C23H25FN6O2. The number of aromatic nitrogens is 3. The number of hydrogen-bond donors (Lipinski definition) is 2. The van der Waals surface area contributed by atoms with Crippen LogP contribution in [0.4, 0.5) is 10.1 Å². The second kappa shape index (κ2) is 8.31. The SMILES string of the molecule is Cc1nc2c(F)cc(CN3CCN(c4ccc(C(=O)NC5CC5)nc4)CC3)cc2[nH]c1=O. The average Bonchev–Trinajstić information content (AvgIpc) is 3.60. The summed E-state index contributed by atoms with van der Waals surface area (Å²) in [6.07, 6.45) is 3.85. The molecule has 1 saturated carbocycles. The van der Waals surface area contributed by atoms with Crippen molar-refractivity contribution in [1.82, 2.24) is 25.2 Å². The number of carbonyl (C=O) groups excluding carboxylic acids is 1. The van der Waals surface area contributed by atoms with Crippen molar-refractivity contribution in [2.45, 2.75) is 32.4 Å². The summed E-state index contributed by atoms with van der Waals surface area (Å²) in [6.45, 7) is 5.40. The van der Waals surface area contributed by atoms with Crippen LogP contribution in [0, 0.1) is 12.7 Å². The molecule has 1 aliphatic carbocycles. The molecule has 0 unspecified atom stereocenters. The van der Waals surface area contributed by atoms with E-state index in [1.54, 1.807) is 25.3 Å². The minimum atomic E-state index is -0.424. The average molecular weight is 436 g/mol. The number of fused-ring (bicyclic) bond motifs is 1. The normalized spacial score (nSPS) is 17.0. The fourth-order valence-electron chi connectivity index (χ4n) is 4.00. The quantitative estimate of drug-likeness (QED) is 0.635. The van der Waals surface area contributed by atoms with Crippen LogP contribution in [-0.4, -0.2) is 58.0 Å². The highest BCUT2D eigenvalue weighted by Gasteiger charge is 2.24. The van der Waals surface area contributed by atoms with Crippen molar-refractivity contribution in [1.29, 1.82) is 0 Å². The molecule has 3 heterocycles. The Bertz CT molecular complexity index is 1210. The Morgan fingerprint density at radius 3 is 2.69 bits per heavy atom. The highest BCUT2D eigenvalue weighted by molar-refractivity contribution is 5.92. The molecule has 0 bridgehead atoms. The van der Waals surface area contributed by atoms with Gasteiger partial charge in [0.15, 0.2) is 5.82 Å². The second-order valence-electron chi connectivity index (χ2n) is 8.54. The van der Waals surface area contributed by atoms with Crippen LogP contribution in [0.25, 0.3) is 11.0 Å². The number of anilines is 1. The van der Waals surface area contributed by atoms with E-state index >= 15 is 0 Å². The van der Waals surface area contributed by atoms with Crippen LogP contribution in [-0.2, 0) is 6.54 Å². The maximum absolute atomic E-state index is 14.5. The van der Waals surface area contributed by atoms with E-state index in [-0.39, 0.29) is 22.7 Å². The molecule has 8 nitrogen and oxygen atoms in total. The zero-order valence-corrected chi connectivity index (χ0v) is 17.9. The largest absolute Gasteiger partial charge is 0.368 e. The molecule has 32 heavy (non-hydrogen) atoms. The highest BCUT2D eigenvalue weighted by atomic mass is 19.1. The van der Waals surface area contributed by atoms with E-state index in [0.29, 0.717) is 23.8 Å². The van der Waals surface area contributed by atoms with Crippen molar-refractivity contribution < 1.29 is 9.18 Å². The monoisotopic (exact) mass is 436 g/mol. The van der Waals surface area contributed by atoms with Crippen molar-refractivity contribution in [2.24, 2.45) is 0 Å².